The van der Waals surface area contributed by atoms with Gasteiger partial charge in [0.25, 0.3) is 0 Å². The number of amides is 1. The predicted molar refractivity (Wildman–Crippen MR) is 83.9 cm³/mol. The number of ether oxygens (including phenoxy) is 1. The van der Waals surface area contributed by atoms with Crippen LogP contribution in [0.1, 0.15) is 32.3 Å². The van der Waals surface area contributed by atoms with Crippen LogP contribution in [0.2, 0.25) is 0 Å². The first-order valence-electron chi connectivity index (χ1n) is 7.83. The van der Waals surface area contributed by atoms with Crippen LogP contribution in [0.15, 0.2) is 30.3 Å². The summed E-state index contributed by atoms with van der Waals surface area (Å²) >= 11 is 0. The molecule has 3 atom stereocenters. The molecule has 0 bridgehead atoms. The molecular weight excluding hydrogens is 264 g/mol. The fourth-order valence-electron chi connectivity index (χ4n) is 2.76. The molecule has 1 aromatic rings. The van der Waals surface area contributed by atoms with Crippen molar-refractivity contribution in [2.45, 2.75) is 51.3 Å². The van der Waals surface area contributed by atoms with Gasteiger partial charge in [0.05, 0.1) is 24.8 Å². The lowest BCUT2D eigenvalue weighted by Gasteiger charge is -2.39. The van der Waals surface area contributed by atoms with Crippen LogP contribution in [0.3, 0.4) is 0 Å². The van der Waals surface area contributed by atoms with E-state index in [1.54, 1.807) is 0 Å². The highest BCUT2D eigenvalue weighted by atomic mass is 16.5. The lowest BCUT2D eigenvalue weighted by Crippen LogP contribution is -2.55. The third-order valence-corrected chi connectivity index (χ3v) is 4.13. The van der Waals surface area contributed by atoms with Gasteiger partial charge in [0.1, 0.15) is 0 Å². The van der Waals surface area contributed by atoms with Crippen LogP contribution in [0.25, 0.3) is 0 Å². The number of rotatable bonds is 5. The lowest BCUT2D eigenvalue weighted by atomic mass is 10.0. The van der Waals surface area contributed by atoms with Crippen molar-refractivity contribution in [3.8, 4) is 0 Å². The van der Waals surface area contributed by atoms with Gasteiger partial charge in [0.15, 0.2) is 0 Å². The van der Waals surface area contributed by atoms with E-state index >= 15 is 0 Å². The Hall–Kier alpha value is -1.39. The monoisotopic (exact) mass is 290 g/mol. The van der Waals surface area contributed by atoms with E-state index < -0.39 is 6.04 Å². The molecule has 1 amide bonds. The predicted octanol–water partition coefficient (Wildman–Crippen LogP) is 1.97. The molecular formula is C17H26N2O2. The molecule has 1 heterocycles. The highest BCUT2D eigenvalue weighted by Gasteiger charge is 2.31. The second-order valence-corrected chi connectivity index (χ2v) is 5.83. The number of nitrogens with two attached hydrogens (primary N) is 1. The average Bonchev–Trinajstić information content (AvgIpc) is 2.52. The van der Waals surface area contributed by atoms with Gasteiger partial charge >= 0.3 is 0 Å². The van der Waals surface area contributed by atoms with Crippen LogP contribution in [0.5, 0.6) is 0 Å². The Kier molecular flexibility index (Phi) is 5.76. The van der Waals surface area contributed by atoms with Gasteiger partial charge in [0.2, 0.25) is 5.91 Å². The van der Waals surface area contributed by atoms with Gasteiger partial charge in [-0.25, -0.2) is 0 Å². The zero-order valence-electron chi connectivity index (χ0n) is 13.0. The lowest BCUT2D eigenvalue weighted by molar-refractivity contribution is -0.145. The van der Waals surface area contributed by atoms with E-state index in [1.165, 1.54) is 5.56 Å². The van der Waals surface area contributed by atoms with Crippen molar-refractivity contribution in [2.24, 2.45) is 5.73 Å². The molecule has 1 saturated heterocycles. The molecule has 1 aliphatic rings. The van der Waals surface area contributed by atoms with E-state index in [9.17, 15) is 4.79 Å². The summed E-state index contributed by atoms with van der Waals surface area (Å²) in [6.45, 7) is 5.35. The van der Waals surface area contributed by atoms with E-state index in [4.69, 9.17) is 10.5 Å². The minimum Gasteiger partial charge on any atom is -0.375 e. The van der Waals surface area contributed by atoms with Crippen molar-refractivity contribution in [3.63, 3.8) is 0 Å². The van der Waals surface area contributed by atoms with E-state index in [0.29, 0.717) is 19.6 Å². The summed E-state index contributed by atoms with van der Waals surface area (Å²) in [5.74, 6) is 0.0629. The van der Waals surface area contributed by atoms with Gasteiger partial charge in [-0.05, 0) is 31.7 Å². The van der Waals surface area contributed by atoms with E-state index in [-0.39, 0.29) is 18.1 Å². The number of aryl methyl sites for hydroxylation is 1. The van der Waals surface area contributed by atoms with Crippen molar-refractivity contribution in [1.29, 1.82) is 0 Å². The van der Waals surface area contributed by atoms with Gasteiger partial charge in [-0.2, -0.15) is 0 Å². The summed E-state index contributed by atoms with van der Waals surface area (Å²) in [4.78, 5) is 14.5. The maximum atomic E-state index is 12.6. The fraction of sp³-hybridized carbons (Fsp3) is 0.588. The molecule has 2 unspecified atom stereocenters. The number of carbonyl (C=O) groups excluding carboxylic acids is 1. The second kappa shape index (κ2) is 7.57. The third-order valence-electron chi connectivity index (χ3n) is 4.13. The van der Waals surface area contributed by atoms with E-state index in [2.05, 4.69) is 19.1 Å². The maximum Gasteiger partial charge on any atom is 0.239 e. The minimum atomic E-state index is -0.426. The fourth-order valence-corrected chi connectivity index (χ4v) is 2.76. The van der Waals surface area contributed by atoms with Crippen molar-refractivity contribution in [1.82, 2.24) is 4.90 Å². The molecule has 1 aromatic carbocycles. The Morgan fingerprint density at radius 1 is 1.43 bits per heavy atom. The highest BCUT2D eigenvalue weighted by Crippen LogP contribution is 2.16. The van der Waals surface area contributed by atoms with Crippen molar-refractivity contribution < 1.29 is 9.53 Å². The Morgan fingerprint density at radius 2 is 2.14 bits per heavy atom. The summed E-state index contributed by atoms with van der Waals surface area (Å²) in [6.07, 6.45) is 2.53. The van der Waals surface area contributed by atoms with Crippen LogP contribution < -0.4 is 5.73 Å². The van der Waals surface area contributed by atoms with Gasteiger partial charge in [0, 0.05) is 6.54 Å². The number of carbonyl (C=O) groups is 1. The molecule has 0 spiro atoms. The maximum absolute atomic E-state index is 12.6. The summed E-state index contributed by atoms with van der Waals surface area (Å²) in [5.41, 5.74) is 7.35. The largest absolute Gasteiger partial charge is 0.375 e. The Balaban J connectivity index is 1.91. The first-order chi connectivity index (χ1) is 10.1. The molecule has 1 aliphatic heterocycles. The molecule has 4 heteroatoms. The average molecular weight is 290 g/mol. The summed E-state index contributed by atoms with van der Waals surface area (Å²) in [7, 11) is 0. The molecule has 0 aliphatic carbocycles. The zero-order valence-corrected chi connectivity index (χ0v) is 13.0. The number of hydrogen-bond donors (Lipinski definition) is 1. The normalized spacial score (nSPS) is 23.9. The first kappa shape index (κ1) is 16.0. The van der Waals surface area contributed by atoms with Crippen LogP contribution in [-0.2, 0) is 16.0 Å². The van der Waals surface area contributed by atoms with Crippen LogP contribution in [0.4, 0.5) is 0 Å². The van der Waals surface area contributed by atoms with E-state index in [0.717, 1.165) is 12.8 Å². The molecule has 0 radical (unpaired) electrons. The van der Waals surface area contributed by atoms with Crippen molar-refractivity contribution >= 4 is 5.91 Å². The highest BCUT2D eigenvalue weighted by molar-refractivity contribution is 5.82. The van der Waals surface area contributed by atoms with Crippen molar-refractivity contribution in [2.75, 3.05) is 13.2 Å². The van der Waals surface area contributed by atoms with Crippen molar-refractivity contribution in [3.05, 3.63) is 35.9 Å². The smallest absolute Gasteiger partial charge is 0.239 e. The molecule has 0 aromatic heterocycles. The summed E-state index contributed by atoms with van der Waals surface area (Å²) in [6, 6.07) is 9.90. The minimum absolute atomic E-state index is 0.0629. The number of hydrogen-bond acceptors (Lipinski definition) is 3. The zero-order chi connectivity index (χ0) is 15.2. The Labute approximate surface area is 127 Å². The number of benzene rings is 1. The summed E-state index contributed by atoms with van der Waals surface area (Å²) < 4.78 is 5.64. The van der Waals surface area contributed by atoms with E-state index in [1.807, 2.05) is 30.0 Å². The molecule has 21 heavy (non-hydrogen) atoms. The molecule has 0 saturated carbocycles. The van der Waals surface area contributed by atoms with Crippen LogP contribution in [-0.4, -0.2) is 42.1 Å². The Morgan fingerprint density at radius 3 is 2.81 bits per heavy atom. The van der Waals surface area contributed by atoms with Gasteiger partial charge in [-0.3, -0.25) is 4.79 Å². The molecule has 2 rings (SSSR count). The van der Waals surface area contributed by atoms with Crippen LogP contribution >= 0.6 is 0 Å². The molecule has 116 valence electrons. The molecule has 1 fully saturated rings. The second-order valence-electron chi connectivity index (χ2n) is 5.83. The van der Waals surface area contributed by atoms with Gasteiger partial charge in [-0.15, -0.1) is 0 Å². The third kappa shape index (κ3) is 4.29. The number of nitrogens with zero attached hydrogens (tertiary/aromatic N) is 1. The van der Waals surface area contributed by atoms with Gasteiger partial charge < -0.3 is 15.4 Å². The molecule has 2 N–H and O–H groups in total. The Bertz CT molecular complexity index is 449. The topological polar surface area (TPSA) is 55.6 Å². The number of morpholine rings is 1. The first-order valence-corrected chi connectivity index (χ1v) is 7.83. The molecule has 4 nitrogen and oxygen atoms in total. The van der Waals surface area contributed by atoms with Crippen LogP contribution in [0, 0.1) is 0 Å². The SMILES string of the molecule is CCC1COC(C)CN1C(=O)[C@@H](N)CCc1ccccc1. The van der Waals surface area contributed by atoms with Gasteiger partial charge in [-0.1, -0.05) is 37.3 Å². The quantitative estimate of drug-likeness (QED) is 0.902. The standard InChI is InChI=1S/C17H26N2O2/c1-3-15-12-21-13(2)11-19(15)17(20)16(18)10-9-14-7-5-4-6-8-14/h4-8,13,15-16H,3,9-12,18H2,1-2H3/t13?,15?,16-/m0/s1. The summed E-state index contributed by atoms with van der Waals surface area (Å²) in [5, 5.41) is 0.